The third kappa shape index (κ3) is 10.2. The predicted octanol–water partition coefficient (Wildman–Crippen LogP) is 4.67. The van der Waals surface area contributed by atoms with E-state index in [4.69, 9.17) is 14.7 Å². The molecule has 4 N–H and O–H groups in total. The average Bonchev–Trinajstić information content (AvgIpc) is 2.99. The second kappa shape index (κ2) is 16.6. The summed E-state index contributed by atoms with van der Waals surface area (Å²) in [6.45, 7) is 3.55. The van der Waals surface area contributed by atoms with Gasteiger partial charge in [0.25, 0.3) is 0 Å². The van der Waals surface area contributed by atoms with Crippen molar-refractivity contribution in [3.8, 4) is 0 Å². The van der Waals surface area contributed by atoms with Crippen molar-refractivity contribution in [2.45, 2.75) is 95.9 Å². The molecule has 0 saturated carbocycles. The Labute approximate surface area is 243 Å². The largest absolute Gasteiger partial charge is 0.392 e. The van der Waals surface area contributed by atoms with Gasteiger partial charge in [-0.05, 0) is 55.5 Å². The van der Waals surface area contributed by atoms with Crippen LogP contribution < -0.4 is 10.8 Å². The Kier molecular flexibility index (Phi) is 12.6. The molecule has 9 heteroatoms. The molecule has 4 rings (SSSR count). The zero-order chi connectivity index (χ0) is 28.9. The molecule has 0 aliphatic carbocycles. The minimum absolute atomic E-state index is 0.0191. The lowest BCUT2D eigenvalue weighted by Crippen LogP contribution is -2.40. The number of carbonyl (C=O) groups excluding carboxylic acids is 2. The zero-order valence-corrected chi connectivity index (χ0v) is 23.9. The number of hydrogen-bond acceptors (Lipinski definition) is 7. The van der Waals surface area contributed by atoms with Crippen LogP contribution >= 0.6 is 0 Å². The van der Waals surface area contributed by atoms with Crippen molar-refractivity contribution in [2.75, 3.05) is 19.6 Å². The van der Waals surface area contributed by atoms with Gasteiger partial charge in [0.2, 0.25) is 11.8 Å². The van der Waals surface area contributed by atoms with E-state index in [0.29, 0.717) is 25.8 Å². The number of aliphatic hydroxyl groups excluding tert-OH is 1. The minimum atomic E-state index is -0.495. The topological polar surface area (TPSA) is 120 Å². The van der Waals surface area contributed by atoms with E-state index in [9.17, 15) is 14.7 Å². The Balaban J connectivity index is 1.36. The summed E-state index contributed by atoms with van der Waals surface area (Å²) >= 11 is 0. The first kappa shape index (κ1) is 31.1. The van der Waals surface area contributed by atoms with Crippen LogP contribution in [-0.2, 0) is 32.2 Å². The summed E-state index contributed by atoms with van der Waals surface area (Å²) in [7, 11) is 0. The maximum Gasteiger partial charge on any atom is 0.243 e. The number of rotatable bonds is 12. The van der Waals surface area contributed by atoms with Gasteiger partial charge < -0.3 is 24.8 Å². The molecule has 2 aliphatic rings. The molecule has 9 nitrogen and oxygen atoms in total. The van der Waals surface area contributed by atoms with E-state index in [1.807, 2.05) is 48.5 Å². The van der Waals surface area contributed by atoms with E-state index in [0.717, 1.165) is 48.3 Å². The average molecular weight is 568 g/mol. The van der Waals surface area contributed by atoms with Crippen molar-refractivity contribution >= 4 is 11.8 Å². The van der Waals surface area contributed by atoms with Crippen molar-refractivity contribution in [3.63, 3.8) is 0 Å². The van der Waals surface area contributed by atoms with Crippen LogP contribution in [0.5, 0.6) is 0 Å². The van der Waals surface area contributed by atoms with E-state index in [-0.39, 0.29) is 31.1 Å². The fraction of sp³-hybridized carbons (Fsp3) is 0.562. The van der Waals surface area contributed by atoms with Gasteiger partial charge in [0, 0.05) is 37.9 Å². The molecule has 2 aromatic rings. The van der Waals surface area contributed by atoms with Crippen LogP contribution in [0.25, 0.3) is 0 Å². The van der Waals surface area contributed by atoms with E-state index >= 15 is 0 Å². The number of nitrogens with one attached hydrogen (secondary N) is 2. The van der Waals surface area contributed by atoms with E-state index in [1.165, 1.54) is 32.1 Å². The monoisotopic (exact) mass is 567 g/mol. The first-order valence-electron chi connectivity index (χ1n) is 15.1. The second-order valence-corrected chi connectivity index (χ2v) is 11.2. The molecule has 41 heavy (non-hydrogen) atoms. The van der Waals surface area contributed by atoms with Crippen LogP contribution in [0.15, 0.2) is 48.5 Å². The Bertz CT molecular complexity index is 1070. The van der Waals surface area contributed by atoms with Crippen molar-refractivity contribution in [1.82, 2.24) is 15.7 Å². The molecule has 224 valence electrons. The molecule has 2 aliphatic heterocycles. The van der Waals surface area contributed by atoms with Crippen molar-refractivity contribution in [2.24, 2.45) is 0 Å². The molecular formula is C32H45N3O6. The highest BCUT2D eigenvalue weighted by atomic mass is 16.7. The van der Waals surface area contributed by atoms with Gasteiger partial charge in [0.1, 0.15) is 0 Å². The molecule has 0 spiro atoms. The normalized spacial score (nSPS) is 22.0. The summed E-state index contributed by atoms with van der Waals surface area (Å²) in [5.41, 5.74) is 5.49. The van der Waals surface area contributed by atoms with Crippen LogP contribution in [0.1, 0.15) is 98.9 Å². The molecule has 2 fully saturated rings. The highest BCUT2D eigenvalue weighted by molar-refractivity contribution is 5.76. The summed E-state index contributed by atoms with van der Waals surface area (Å²) in [6.07, 6.45) is 8.26. The van der Waals surface area contributed by atoms with Crippen LogP contribution in [-0.4, -0.2) is 52.8 Å². The second-order valence-electron chi connectivity index (χ2n) is 11.2. The van der Waals surface area contributed by atoms with Gasteiger partial charge in [-0.15, -0.1) is 0 Å². The summed E-state index contributed by atoms with van der Waals surface area (Å²) in [5, 5.41) is 20.9. The molecule has 2 amide bonds. The van der Waals surface area contributed by atoms with Gasteiger partial charge in [-0.1, -0.05) is 67.8 Å². The number of hydroxylamine groups is 1. The fourth-order valence-electron chi connectivity index (χ4n) is 5.53. The predicted molar refractivity (Wildman–Crippen MR) is 155 cm³/mol. The quantitative estimate of drug-likeness (QED) is 0.167. The Morgan fingerprint density at radius 1 is 0.805 bits per heavy atom. The summed E-state index contributed by atoms with van der Waals surface area (Å²) in [4.78, 5) is 25.8. The minimum Gasteiger partial charge on any atom is -0.392 e. The van der Waals surface area contributed by atoms with Gasteiger partial charge in [0.05, 0.1) is 18.8 Å². The van der Waals surface area contributed by atoms with Gasteiger partial charge in [-0.3, -0.25) is 14.8 Å². The lowest BCUT2D eigenvalue weighted by atomic mass is 9.99. The van der Waals surface area contributed by atoms with Gasteiger partial charge in [0.15, 0.2) is 6.29 Å². The molecule has 3 atom stereocenters. The summed E-state index contributed by atoms with van der Waals surface area (Å²) in [6, 6.07) is 16.0. The number of benzene rings is 2. The molecule has 0 bridgehead atoms. The Morgan fingerprint density at radius 3 is 2.07 bits per heavy atom. The smallest absolute Gasteiger partial charge is 0.243 e. The SMILES string of the molecule is O=C(CCCCC(=O)NCc1ccc(C2OC(CN3CCCCCCC3)CC(c3ccc(CO)cc3)O2)cc1)NO. The number of ether oxygens (including phenoxy) is 2. The van der Waals surface area contributed by atoms with E-state index in [2.05, 4.69) is 10.2 Å². The van der Waals surface area contributed by atoms with Crippen molar-refractivity contribution in [1.29, 1.82) is 0 Å². The number of aliphatic hydroxyl groups is 1. The van der Waals surface area contributed by atoms with Gasteiger partial charge in [-0.2, -0.15) is 0 Å². The van der Waals surface area contributed by atoms with Crippen molar-refractivity contribution < 1.29 is 29.4 Å². The van der Waals surface area contributed by atoms with E-state index in [1.54, 1.807) is 5.48 Å². The maximum atomic E-state index is 12.2. The number of amides is 2. The molecule has 2 saturated heterocycles. The fourth-order valence-corrected chi connectivity index (χ4v) is 5.53. The van der Waals surface area contributed by atoms with Crippen LogP contribution in [0.4, 0.5) is 0 Å². The van der Waals surface area contributed by atoms with Gasteiger partial charge in [-0.25, -0.2) is 5.48 Å². The maximum absolute atomic E-state index is 12.2. The zero-order valence-electron chi connectivity index (χ0n) is 23.9. The van der Waals surface area contributed by atoms with Crippen molar-refractivity contribution in [3.05, 3.63) is 70.8 Å². The molecule has 3 unspecified atom stereocenters. The first-order chi connectivity index (χ1) is 20.0. The first-order valence-corrected chi connectivity index (χ1v) is 15.1. The number of nitrogens with zero attached hydrogens (tertiary/aromatic N) is 1. The number of hydrogen-bond donors (Lipinski definition) is 4. The lowest BCUT2D eigenvalue weighted by Gasteiger charge is -2.38. The molecule has 2 heterocycles. The molecule has 0 aromatic heterocycles. The van der Waals surface area contributed by atoms with Crippen LogP contribution in [0.3, 0.4) is 0 Å². The number of carbonyl (C=O) groups is 2. The molecule has 0 radical (unpaired) electrons. The van der Waals surface area contributed by atoms with Crippen LogP contribution in [0, 0.1) is 0 Å². The summed E-state index contributed by atoms with van der Waals surface area (Å²) < 4.78 is 13.0. The third-order valence-electron chi connectivity index (χ3n) is 7.95. The highest BCUT2D eigenvalue weighted by Crippen LogP contribution is 2.38. The number of likely N-dealkylation sites (tertiary alicyclic amines) is 1. The third-order valence-corrected chi connectivity index (χ3v) is 7.95. The number of unbranched alkanes of at least 4 members (excludes halogenated alkanes) is 1. The Hall–Kier alpha value is -2.82. The van der Waals surface area contributed by atoms with Crippen LogP contribution in [0.2, 0.25) is 0 Å². The lowest BCUT2D eigenvalue weighted by molar-refractivity contribution is -0.253. The van der Waals surface area contributed by atoms with E-state index < -0.39 is 12.2 Å². The molecule has 2 aromatic carbocycles. The standard InChI is InChI=1S/C32H45N3O6/c36-23-25-12-14-26(15-13-25)29-20-28(22-35-18-6-2-1-3-7-19-35)40-32(41-29)27-16-10-24(11-17-27)21-33-30(37)8-4-5-9-31(38)34-39/h10-17,28-29,32,36,39H,1-9,18-23H2,(H,33,37)(H,34,38). The molecular weight excluding hydrogens is 522 g/mol. The van der Waals surface area contributed by atoms with Gasteiger partial charge >= 0.3 is 0 Å². The highest BCUT2D eigenvalue weighted by Gasteiger charge is 2.33. The Morgan fingerprint density at radius 2 is 1.41 bits per heavy atom. The summed E-state index contributed by atoms with van der Waals surface area (Å²) in [5.74, 6) is -0.509.